The summed E-state index contributed by atoms with van der Waals surface area (Å²) in [5.74, 6) is -5.40. The Morgan fingerprint density at radius 3 is 2.18 bits per heavy atom. The lowest BCUT2D eigenvalue weighted by molar-refractivity contribution is -0.145. The van der Waals surface area contributed by atoms with Crippen LogP contribution in [0.5, 0.6) is 0 Å². The van der Waals surface area contributed by atoms with Crippen LogP contribution in [0.15, 0.2) is 29.2 Å². The Bertz CT molecular complexity index is 681. The van der Waals surface area contributed by atoms with Gasteiger partial charge in [0.1, 0.15) is 0 Å². The van der Waals surface area contributed by atoms with Crippen LogP contribution in [0.2, 0.25) is 0 Å². The van der Waals surface area contributed by atoms with Crippen LogP contribution in [0.3, 0.4) is 0 Å². The summed E-state index contributed by atoms with van der Waals surface area (Å²) < 4.78 is 47.2. The Morgan fingerprint density at radius 2 is 1.73 bits per heavy atom. The van der Waals surface area contributed by atoms with Crippen molar-refractivity contribution in [2.45, 2.75) is 29.5 Å². The van der Waals surface area contributed by atoms with Gasteiger partial charge in [-0.05, 0) is 37.1 Å². The number of carbonyl (C=O) groups is 2. The van der Waals surface area contributed by atoms with E-state index in [1.807, 2.05) is 0 Å². The summed E-state index contributed by atoms with van der Waals surface area (Å²) in [7, 11) is -4.68. The van der Waals surface area contributed by atoms with Gasteiger partial charge in [-0.3, -0.25) is 9.59 Å². The van der Waals surface area contributed by atoms with Gasteiger partial charge >= 0.3 is 11.7 Å². The third-order valence-electron chi connectivity index (χ3n) is 3.50. The molecule has 0 aliphatic heterocycles. The number of aliphatic carboxylic acids is 1. The van der Waals surface area contributed by atoms with Crippen LogP contribution in [0, 0.1) is 5.92 Å². The molecule has 0 heterocycles. The first-order valence-electron chi connectivity index (χ1n) is 6.37. The topological polar surface area (TPSA) is 101 Å². The van der Waals surface area contributed by atoms with Crippen molar-refractivity contribution in [1.29, 1.82) is 0 Å². The van der Waals surface area contributed by atoms with Crippen molar-refractivity contribution in [2.24, 2.45) is 5.92 Å². The Morgan fingerprint density at radius 1 is 1.18 bits per heavy atom. The summed E-state index contributed by atoms with van der Waals surface area (Å²) in [5, 5.41) is 11.3. The van der Waals surface area contributed by atoms with Gasteiger partial charge in [-0.2, -0.15) is 8.78 Å². The molecule has 120 valence electrons. The van der Waals surface area contributed by atoms with E-state index in [-0.39, 0.29) is 11.6 Å². The number of halogens is 2. The van der Waals surface area contributed by atoms with Crippen LogP contribution in [0.25, 0.3) is 0 Å². The van der Waals surface area contributed by atoms with Gasteiger partial charge in [-0.15, -0.1) is 0 Å². The molecule has 1 aliphatic carbocycles. The van der Waals surface area contributed by atoms with E-state index in [1.165, 1.54) is 0 Å². The highest BCUT2D eigenvalue weighted by molar-refractivity contribution is 7.91. The van der Waals surface area contributed by atoms with E-state index in [1.54, 1.807) is 0 Å². The summed E-state index contributed by atoms with van der Waals surface area (Å²) in [6, 6.07) is 3.91. The van der Waals surface area contributed by atoms with Gasteiger partial charge in [-0.25, -0.2) is 8.42 Å². The van der Waals surface area contributed by atoms with Gasteiger partial charge in [0.05, 0.1) is 10.8 Å². The first-order valence-corrected chi connectivity index (χ1v) is 7.92. The summed E-state index contributed by atoms with van der Waals surface area (Å²) in [5.41, 5.74) is 0.118. The van der Waals surface area contributed by atoms with Crippen LogP contribution in [0.4, 0.5) is 8.78 Å². The maximum absolute atomic E-state index is 12.4. The predicted molar refractivity (Wildman–Crippen MR) is 71.2 cm³/mol. The SMILES string of the molecule is O=C(NC1CC(C(=O)O)C1)c1ccc(S(=O)(=O)C(F)F)cc1. The van der Waals surface area contributed by atoms with E-state index < -0.39 is 38.3 Å². The zero-order chi connectivity index (χ0) is 16.5. The Hall–Kier alpha value is -2.03. The number of sulfone groups is 1. The molecule has 1 fully saturated rings. The van der Waals surface area contributed by atoms with Crippen molar-refractivity contribution < 1.29 is 31.9 Å². The van der Waals surface area contributed by atoms with Gasteiger partial charge in [0.15, 0.2) is 0 Å². The molecule has 0 bridgehead atoms. The number of hydrogen-bond donors (Lipinski definition) is 2. The molecule has 0 saturated heterocycles. The normalized spacial score (nSPS) is 21.2. The molecule has 0 aromatic heterocycles. The molecule has 6 nitrogen and oxygen atoms in total. The van der Waals surface area contributed by atoms with E-state index in [4.69, 9.17) is 5.11 Å². The first-order chi connectivity index (χ1) is 10.2. The van der Waals surface area contributed by atoms with Crippen LogP contribution in [0.1, 0.15) is 23.2 Å². The van der Waals surface area contributed by atoms with Gasteiger partial charge in [0.25, 0.3) is 5.91 Å². The Kier molecular flexibility index (Phi) is 4.45. The Balaban J connectivity index is 1.99. The zero-order valence-electron chi connectivity index (χ0n) is 11.2. The fraction of sp³-hybridized carbons (Fsp3) is 0.385. The monoisotopic (exact) mass is 333 g/mol. The molecule has 2 rings (SSSR count). The minimum atomic E-state index is -4.68. The molecule has 22 heavy (non-hydrogen) atoms. The minimum Gasteiger partial charge on any atom is -0.481 e. The quantitative estimate of drug-likeness (QED) is 0.845. The van der Waals surface area contributed by atoms with E-state index in [2.05, 4.69) is 5.32 Å². The van der Waals surface area contributed by atoms with Gasteiger partial charge < -0.3 is 10.4 Å². The molecule has 0 spiro atoms. The second-order valence-corrected chi connectivity index (χ2v) is 6.92. The average Bonchev–Trinajstić information content (AvgIpc) is 2.41. The number of carbonyl (C=O) groups excluding carboxylic acids is 1. The summed E-state index contributed by atoms with van der Waals surface area (Å²) >= 11 is 0. The van der Waals surface area contributed by atoms with E-state index in [0.717, 1.165) is 24.3 Å². The lowest BCUT2D eigenvalue weighted by atomic mass is 9.80. The number of alkyl halides is 2. The lowest BCUT2D eigenvalue weighted by Gasteiger charge is -2.32. The maximum Gasteiger partial charge on any atom is 0.341 e. The summed E-state index contributed by atoms with van der Waals surface area (Å²) in [4.78, 5) is 21.9. The molecule has 9 heteroatoms. The third-order valence-corrected chi connectivity index (χ3v) is 4.90. The second-order valence-electron chi connectivity index (χ2n) is 5.01. The number of carboxylic acid groups (broad SMARTS) is 1. The Labute approximate surface area is 125 Å². The number of nitrogens with one attached hydrogen (secondary N) is 1. The second kappa shape index (κ2) is 5.99. The standard InChI is InChI=1S/C13H13F2NO5S/c14-13(15)22(20,21)10-3-1-7(2-4-10)11(17)16-9-5-8(6-9)12(18)19/h1-4,8-9,13H,5-6H2,(H,16,17)(H,18,19). The third kappa shape index (κ3) is 3.24. The molecule has 0 unspecified atom stereocenters. The van der Waals surface area contributed by atoms with Crippen molar-refractivity contribution >= 4 is 21.7 Å². The maximum atomic E-state index is 12.4. The molecule has 1 saturated carbocycles. The van der Waals surface area contributed by atoms with E-state index >= 15 is 0 Å². The van der Waals surface area contributed by atoms with Gasteiger partial charge in [0.2, 0.25) is 9.84 Å². The predicted octanol–water partition coefficient (Wildman–Crippen LogP) is 1.28. The molecule has 1 aliphatic rings. The zero-order valence-corrected chi connectivity index (χ0v) is 12.0. The number of hydrogen-bond acceptors (Lipinski definition) is 4. The first kappa shape index (κ1) is 16.3. The van der Waals surface area contributed by atoms with Crippen LogP contribution >= 0.6 is 0 Å². The molecule has 1 amide bonds. The average molecular weight is 333 g/mol. The van der Waals surface area contributed by atoms with Crippen LogP contribution in [-0.2, 0) is 14.6 Å². The molecular formula is C13H13F2NO5S. The van der Waals surface area contributed by atoms with Gasteiger partial charge in [0, 0.05) is 11.6 Å². The van der Waals surface area contributed by atoms with Crippen LogP contribution < -0.4 is 5.32 Å². The largest absolute Gasteiger partial charge is 0.481 e. The molecule has 0 atom stereocenters. The molecule has 2 N–H and O–H groups in total. The highest BCUT2D eigenvalue weighted by Crippen LogP contribution is 2.27. The fourth-order valence-corrected chi connectivity index (χ4v) is 2.83. The summed E-state index contributed by atoms with van der Waals surface area (Å²) in [6.45, 7) is 0. The van der Waals surface area contributed by atoms with E-state index in [9.17, 15) is 26.8 Å². The smallest absolute Gasteiger partial charge is 0.341 e. The number of carboxylic acids is 1. The molecular weight excluding hydrogens is 320 g/mol. The van der Waals surface area contributed by atoms with Gasteiger partial charge in [-0.1, -0.05) is 0 Å². The van der Waals surface area contributed by atoms with Crippen LogP contribution in [-0.4, -0.2) is 37.2 Å². The van der Waals surface area contributed by atoms with Crippen molar-refractivity contribution in [1.82, 2.24) is 5.32 Å². The molecule has 1 aromatic carbocycles. The van der Waals surface area contributed by atoms with E-state index in [0.29, 0.717) is 12.8 Å². The fourth-order valence-electron chi connectivity index (χ4n) is 2.10. The molecule has 1 aromatic rings. The summed E-state index contributed by atoms with van der Waals surface area (Å²) in [6.07, 6.45) is 0.665. The molecule has 0 radical (unpaired) electrons. The number of amides is 1. The van der Waals surface area contributed by atoms with Crippen molar-refractivity contribution in [3.8, 4) is 0 Å². The van der Waals surface area contributed by atoms with Crippen molar-refractivity contribution in [3.63, 3.8) is 0 Å². The highest BCUT2D eigenvalue weighted by Gasteiger charge is 2.35. The van der Waals surface area contributed by atoms with Crippen molar-refractivity contribution in [2.75, 3.05) is 0 Å². The highest BCUT2D eigenvalue weighted by atomic mass is 32.2. The minimum absolute atomic E-state index is 0.118. The number of benzene rings is 1. The number of rotatable bonds is 5. The lowest BCUT2D eigenvalue weighted by Crippen LogP contribution is -2.46. The van der Waals surface area contributed by atoms with Crippen molar-refractivity contribution in [3.05, 3.63) is 29.8 Å².